The van der Waals surface area contributed by atoms with Gasteiger partial charge in [-0.1, -0.05) is 39.0 Å². The Bertz CT molecular complexity index is 539. The highest BCUT2D eigenvalue weighted by molar-refractivity contribution is 7.91. The fourth-order valence-electron chi connectivity index (χ4n) is 3.00. The van der Waals surface area contributed by atoms with Crippen molar-refractivity contribution in [2.75, 3.05) is 5.75 Å². The van der Waals surface area contributed by atoms with E-state index in [-0.39, 0.29) is 17.3 Å². The standard InChI is InChI=1S/C15H23NO2S/c1-4-15(5-2,6-3)16-13-11-19(17,18)14-10-8-7-9-12(13)14/h7-10,13,16H,4-6,11H2,1-3H3. The van der Waals surface area contributed by atoms with Crippen molar-refractivity contribution >= 4 is 9.84 Å². The molecule has 106 valence electrons. The van der Waals surface area contributed by atoms with Gasteiger partial charge in [0.25, 0.3) is 0 Å². The fourth-order valence-corrected chi connectivity index (χ4v) is 4.73. The largest absolute Gasteiger partial charge is 0.303 e. The summed E-state index contributed by atoms with van der Waals surface area (Å²) < 4.78 is 24.3. The molecule has 0 spiro atoms. The van der Waals surface area contributed by atoms with E-state index in [0.717, 1.165) is 24.8 Å². The Balaban J connectivity index is 2.34. The van der Waals surface area contributed by atoms with Crippen LogP contribution in [0.15, 0.2) is 29.2 Å². The van der Waals surface area contributed by atoms with E-state index in [1.807, 2.05) is 12.1 Å². The lowest BCUT2D eigenvalue weighted by molar-refractivity contribution is 0.264. The van der Waals surface area contributed by atoms with Gasteiger partial charge in [-0.15, -0.1) is 0 Å². The summed E-state index contributed by atoms with van der Waals surface area (Å²) in [6.07, 6.45) is 3.04. The molecule has 0 amide bonds. The summed E-state index contributed by atoms with van der Waals surface area (Å²) in [7, 11) is -3.11. The van der Waals surface area contributed by atoms with Crippen LogP contribution in [0.5, 0.6) is 0 Å². The molecule has 0 radical (unpaired) electrons. The molecule has 2 rings (SSSR count). The van der Waals surface area contributed by atoms with Gasteiger partial charge in [-0.25, -0.2) is 8.42 Å². The Kier molecular flexibility index (Phi) is 4.02. The quantitative estimate of drug-likeness (QED) is 0.902. The molecule has 4 heteroatoms. The number of rotatable bonds is 5. The minimum Gasteiger partial charge on any atom is -0.303 e. The summed E-state index contributed by atoms with van der Waals surface area (Å²) in [6.45, 7) is 6.49. The Morgan fingerprint density at radius 3 is 2.32 bits per heavy atom. The minimum atomic E-state index is -3.11. The molecular formula is C15H23NO2S. The lowest BCUT2D eigenvalue weighted by atomic mass is 9.88. The zero-order valence-corrected chi connectivity index (χ0v) is 12.8. The van der Waals surface area contributed by atoms with Gasteiger partial charge in [-0.2, -0.15) is 0 Å². The van der Waals surface area contributed by atoms with Crippen LogP contribution < -0.4 is 5.32 Å². The number of sulfone groups is 1. The van der Waals surface area contributed by atoms with E-state index in [4.69, 9.17) is 0 Å². The van der Waals surface area contributed by atoms with E-state index in [1.54, 1.807) is 12.1 Å². The molecule has 19 heavy (non-hydrogen) atoms. The van der Waals surface area contributed by atoms with Crippen LogP contribution >= 0.6 is 0 Å². The van der Waals surface area contributed by atoms with Crippen molar-refractivity contribution in [3.63, 3.8) is 0 Å². The highest BCUT2D eigenvalue weighted by Gasteiger charge is 2.38. The zero-order valence-electron chi connectivity index (χ0n) is 11.9. The van der Waals surface area contributed by atoms with Crippen LogP contribution in [0.2, 0.25) is 0 Å². The Morgan fingerprint density at radius 2 is 1.74 bits per heavy atom. The van der Waals surface area contributed by atoms with Crippen LogP contribution in [0.1, 0.15) is 51.6 Å². The maximum Gasteiger partial charge on any atom is 0.180 e. The first kappa shape index (κ1) is 14.5. The average molecular weight is 281 g/mol. The van der Waals surface area contributed by atoms with Crippen molar-refractivity contribution < 1.29 is 8.42 Å². The van der Waals surface area contributed by atoms with Crippen LogP contribution in [0.25, 0.3) is 0 Å². The first-order valence-electron chi connectivity index (χ1n) is 7.07. The second kappa shape index (κ2) is 5.25. The Hall–Kier alpha value is -0.870. The van der Waals surface area contributed by atoms with Gasteiger partial charge in [0, 0.05) is 11.6 Å². The van der Waals surface area contributed by atoms with E-state index in [1.165, 1.54) is 0 Å². The molecule has 0 aromatic heterocycles. The van der Waals surface area contributed by atoms with Crippen molar-refractivity contribution in [1.82, 2.24) is 5.32 Å². The third-order valence-electron chi connectivity index (χ3n) is 4.53. The number of nitrogens with one attached hydrogen (secondary N) is 1. The van der Waals surface area contributed by atoms with Crippen molar-refractivity contribution in [3.8, 4) is 0 Å². The van der Waals surface area contributed by atoms with E-state index >= 15 is 0 Å². The molecule has 0 aliphatic carbocycles. The van der Waals surface area contributed by atoms with E-state index in [9.17, 15) is 8.42 Å². The molecule has 1 aliphatic rings. The second-order valence-corrected chi connectivity index (χ2v) is 7.36. The second-order valence-electron chi connectivity index (χ2n) is 5.36. The SMILES string of the molecule is CCC(CC)(CC)NC1CS(=O)(=O)c2ccccc21. The highest BCUT2D eigenvalue weighted by atomic mass is 32.2. The van der Waals surface area contributed by atoms with Crippen molar-refractivity contribution in [2.24, 2.45) is 0 Å². The summed E-state index contributed by atoms with van der Waals surface area (Å²) in [5.74, 6) is 0.189. The molecule has 1 N–H and O–H groups in total. The van der Waals surface area contributed by atoms with Crippen molar-refractivity contribution in [1.29, 1.82) is 0 Å². The van der Waals surface area contributed by atoms with Gasteiger partial charge >= 0.3 is 0 Å². The normalized spacial score (nSPS) is 21.3. The highest BCUT2D eigenvalue weighted by Crippen LogP contribution is 2.35. The maximum absolute atomic E-state index is 12.2. The molecule has 0 bridgehead atoms. The molecule has 0 fully saturated rings. The number of benzene rings is 1. The van der Waals surface area contributed by atoms with Gasteiger partial charge in [0.2, 0.25) is 0 Å². The van der Waals surface area contributed by atoms with Gasteiger partial charge in [0.15, 0.2) is 9.84 Å². The number of fused-ring (bicyclic) bond motifs is 1. The lowest BCUT2D eigenvalue weighted by Gasteiger charge is -2.35. The third kappa shape index (κ3) is 2.56. The molecule has 1 aromatic carbocycles. The molecule has 1 atom stereocenters. The lowest BCUT2D eigenvalue weighted by Crippen LogP contribution is -2.46. The van der Waals surface area contributed by atoms with Gasteiger partial charge < -0.3 is 5.32 Å². The smallest absolute Gasteiger partial charge is 0.180 e. The predicted octanol–water partition coefficient (Wildman–Crippen LogP) is 3.07. The van der Waals surface area contributed by atoms with Crippen molar-refractivity contribution in [3.05, 3.63) is 29.8 Å². The summed E-state index contributed by atoms with van der Waals surface area (Å²) in [6, 6.07) is 7.30. The molecule has 1 aliphatic heterocycles. The minimum absolute atomic E-state index is 0.0393. The summed E-state index contributed by atoms with van der Waals surface area (Å²) in [4.78, 5) is 0.504. The van der Waals surface area contributed by atoms with Crippen molar-refractivity contribution in [2.45, 2.75) is 56.5 Å². The predicted molar refractivity (Wildman–Crippen MR) is 78.0 cm³/mol. The average Bonchev–Trinajstić information content (AvgIpc) is 2.68. The molecule has 1 heterocycles. The first-order valence-corrected chi connectivity index (χ1v) is 8.72. The monoisotopic (exact) mass is 281 g/mol. The molecule has 1 unspecified atom stereocenters. The van der Waals surface area contributed by atoms with E-state index < -0.39 is 9.84 Å². The number of hydrogen-bond donors (Lipinski definition) is 1. The van der Waals surface area contributed by atoms with Crippen LogP contribution in [-0.4, -0.2) is 19.7 Å². The zero-order chi connectivity index (χ0) is 14.1. The van der Waals surface area contributed by atoms with Gasteiger partial charge in [0.05, 0.1) is 10.6 Å². The summed E-state index contributed by atoms with van der Waals surface area (Å²) in [5, 5.41) is 3.61. The Labute approximate surface area is 116 Å². The van der Waals surface area contributed by atoms with Crippen LogP contribution in [0.3, 0.4) is 0 Å². The van der Waals surface area contributed by atoms with E-state index in [0.29, 0.717) is 4.90 Å². The molecular weight excluding hydrogens is 258 g/mol. The Morgan fingerprint density at radius 1 is 1.16 bits per heavy atom. The molecule has 3 nitrogen and oxygen atoms in total. The summed E-state index contributed by atoms with van der Waals surface area (Å²) >= 11 is 0. The van der Waals surface area contributed by atoms with Gasteiger partial charge in [0.1, 0.15) is 0 Å². The van der Waals surface area contributed by atoms with Crippen LogP contribution in [0, 0.1) is 0 Å². The molecule has 0 saturated heterocycles. The van der Waals surface area contributed by atoms with Gasteiger partial charge in [-0.05, 0) is 30.9 Å². The first-order chi connectivity index (χ1) is 8.98. The third-order valence-corrected chi connectivity index (χ3v) is 6.34. The number of hydrogen-bond acceptors (Lipinski definition) is 3. The maximum atomic E-state index is 12.2. The topological polar surface area (TPSA) is 46.2 Å². The summed E-state index contributed by atoms with van der Waals surface area (Å²) in [5.41, 5.74) is 0.972. The molecule has 1 aromatic rings. The molecule has 0 saturated carbocycles. The van der Waals surface area contributed by atoms with E-state index in [2.05, 4.69) is 26.1 Å². The van der Waals surface area contributed by atoms with Crippen LogP contribution in [0.4, 0.5) is 0 Å². The van der Waals surface area contributed by atoms with Gasteiger partial charge in [-0.3, -0.25) is 0 Å². The van der Waals surface area contributed by atoms with Crippen LogP contribution in [-0.2, 0) is 9.84 Å². The fraction of sp³-hybridized carbons (Fsp3) is 0.600.